The van der Waals surface area contributed by atoms with Gasteiger partial charge in [0, 0.05) is 5.41 Å². The molecule has 1 aliphatic heterocycles. The molecule has 0 saturated carbocycles. The monoisotopic (exact) mass is 234 g/mol. The molecule has 1 heterocycles. The zero-order valence-corrected chi connectivity index (χ0v) is 11.1. The number of hydrogen-bond donors (Lipinski definition) is 0. The van der Waals surface area contributed by atoms with Crippen molar-refractivity contribution in [2.75, 3.05) is 0 Å². The summed E-state index contributed by atoms with van der Waals surface area (Å²) in [5, 5.41) is 0. The lowest BCUT2D eigenvalue weighted by Gasteiger charge is -2.30. The second-order valence-electron chi connectivity index (χ2n) is 5.67. The maximum atomic E-state index is 5.89. The standard InChI is InChI=1S/C15H22O2/c1-11-12(2)17-14(16-11)15(3,4)10-13-8-6-5-7-9-13/h5-9,11-12,14H,10H2,1-4H3. The van der Waals surface area contributed by atoms with Crippen LogP contribution in [-0.4, -0.2) is 18.5 Å². The minimum atomic E-state index is -0.104. The fraction of sp³-hybridized carbons (Fsp3) is 0.600. The molecule has 1 aromatic rings. The minimum absolute atomic E-state index is 0.000370. The van der Waals surface area contributed by atoms with Crippen molar-refractivity contribution in [2.24, 2.45) is 5.41 Å². The average molecular weight is 234 g/mol. The molecule has 0 spiro atoms. The summed E-state index contributed by atoms with van der Waals surface area (Å²) in [6, 6.07) is 10.5. The molecule has 2 rings (SSSR count). The van der Waals surface area contributed by atoms with Crippen molar-refractivity contribution in [2.45, 2.75) is 52.6 Å². The minimum Gasteiger partial charge on any atom is -0.346 e. The Morgan fingerprint density at radius 2 is 1.53 bits per heavy atom. The third kappa shape index (κ3) is 2.88. The molecule has 0 amide bonds. The summed E-state index contributed by atoms with van der Waals surface area (Å²) < 4.78 is 11.8. The van der Waals surface area contributed by atoms with Crippen LogP contribution in [0, 0.1) is 5.41 Å². The Morgan fingerprint density at radius 1 is 1.00 bits per heavy atom. The molecule has 2 nitrogen and oxygen atoms in total. The van der Waals surface area contributed by atoms with E-state index in [0.29, 0.717) is 0 Å². The van der Waals surface area contributed by atoms with Gasteiger partial charge in [-0.3, -0.25) is 0 Å². The molecule has 0 radical (unpaired) electrons. The summed E-state index contributed by atoms with van der Waals surface area (Å²) in [5.41, 5.74) is 1.33. The van der Waals surface area contributed by atoms with Crippen LogP contribution in [0.2, 0.25) is 0 Å². The van der Waals surface area contributed by atoms with Crippen molar-refractivity contribution < 1.29 is 9.47 Å². The topological polar surface area (TPSA) is 18.5 Å². The molecule has 1 fully saturated rings. The molecule has 0 bridgehead atoms. The zero-order chi connectivity index (χ0) is 12.5. The molecule has 1 aliphatic rings. The van der Waals surface area contributed by atoms with Gasteiger partial charge in [-0.1, -0.05) is 44.2 Å². The van der Waals surface area contributed by atoms with Gasteiger partial charge >= 0.3 is 0 Å². The van der Waals surface area contributed by atoms with Crippen LogP contribution in [0.3, 0.4) is 0 Å². The van der Waals surface area contributed by atoms with Crippen molar-refractivity contribution in [3.05, 3.63) is 35.9 Å². The number of benzene rings is 1. The molecule has 0 N–H and O–H groups in total. The first-order chi connectivity index (χ1) is 7.99. The Bertz CT molecular complexity index is 348. The Morgan fingerprint density at radius 3 is 2.06 bits per heavy atom. The van der Waals surface area contributed by atoms with E-state index in [1.807, 2.05) is 6.07 Å². The first-order valence-electron chi connectivity index (χ1n) is 6.34. The lowest BCUT2D eigenvalue weighted by Crippen LogP contribution is -2.33. The van der Waals surface area contributed by atoms with Gasteiger partial charge in [-0.05, 0) is 25.8 Å². The van der Waals surface area contributed by atoms with E-state index in [1.165, 1.54) is 5.56 Å². The van der Waals surface area contributed by atoms with Gasteiger partial charge in [0.15, 0.2) is 6.29 Å². The van der Waals surface area contributed by atoms with Gasteiger partial charge in [-0.15, -0.1) is 0 Å². The van der Waals surface area contributed by atoms with Crippen molar-refractivity contribution >= 4 is 0 Å². The smallest absolute Gasteiger partial charge is 0.163 e. The van der Waals surface area contributed by atoms with Crippen molar-refractivity contribution in [1.82, 2.24) is 0 Å². The SMILES string of the molecule is CC1OC(C(C)(C)Cc2ccccc2)OC1C. The van der Waals surface area contributed by atoms with E-state index in [-0.39, 0.29) is 23.9 Å². The van der Waals surface area contributed by atoms with Gasteiger partial charge in [-0.2, -0.15) is 0 Å². The summed E-state index contributed by atoms with van der Waals surface area (Å²) >= 11 is 0. The van der Waals surface area contributed by atoms with Crippen molar-refractivity contribution in [1.29, 1.82) is 0 Å². The van der Waals surface area contributed by atoms with Crippen molar-refractivity contribution in [3.8, 4) is 0 Å². The van der Waals surface area contributed by atoms with Gasteiger partial charge in [0.05, 0.1) is 12.2 Å². The molecule has 1 saturated heterocycles. The van der Waals surface area contributed by atoms with Crippen LogP contribution in [0.25, 0.3) is 0 Å². The Hall–Kier alpha value is -0.860. The molecule has 2 atom stereocenters. The highest BCUT2D eigenvalue weighted by Crippen LogP contribution is 2.35. The molecule has 94 valence electrons. The predicted molar refractivity (Wildman–Crippen MR) is 68.8 cm³/mol. The Balaban J connectivity index is 2.04. The highest BCUT2D eigenvalue weighted by atomic mass is 16.7. The fourth-order valence-corrected chi connectivity index (χ4v) is 2.22. The van der Waals surface area contributed by atoms with Gasteiger partial charge in [0.25, 0.3) is 0 Å². The maximum absolute atomic E-state index is 5.89. The highest BCUT2D eigenvalue weighted by molar-refractivity contribution is 5.16. The number of hydrogen-bond acceptors (Lipinski definition) is 2. The summed E-state index contributed by atoms with van der Waals surface area (Å²) in [6.07, 6.45) is 1.25. The van der Waals surface area contributed by atoms with E-state index in [9.17, 15) is 0 Å². The Kier molecular flexibility index (Phi) is 3.55. The van der Waals surface area contributed by atoms with Crippen LogP contribution in [0.5, 0.6) is 0 Å². The highest BCUT2D eigenvalue weighted by Gasteiger charge is 2.40. The molecule has 0 aliphatic carbocycles. The summed E-state index contributed by atoms with van der Waals surface area (Å²) in [4.78, 5) is 0. The second-order valence-corrected chi connectivity index (χ2v) is 5.67. The second kappa shape index (κ2) is 4.79. The fourth-order valence-electron chi connectivity index (χ4n) is 2.22. The quantitative estimate of drug-likeness (QED) is 0.798. The first-order valence-corrected chi connectivity index (χ1v) is 6.34. The van der Waals surface area contributed by atoms with Crippen molar-refractivity contribution in [3.63, 3.8) is 0 Å². The van der Waals surface area contributed by atoms with Gasteiger partial charge in [0.2, 0.25) is 0 Å². The van der Waals surface area contributed by atoms with E-state index in [1.54, 1.807) is 0 Å². The predicted octanol–water partition coefficient (Wildman–Crippen LogP) is 3.41. The van der Waals surface area contributed by atoms with Crippen LogP contribution < -0.4 is 0 Å². The third-order valence-electron chi connectivity index (χ3n) is 3.48. The summed E-state index contributed by atoms with van der Waals surface area (Å²) in [6.45, 7) is 8.55. The molecular weight excluding hydrogens is 212 g/mol. The zero-order valence-electron chi connectivity index (χ0n) is 11.1. The average Bonchev–Trinajstić information content (AvgIpc) is 2.61. The van der Waals surface area contributed by atoms with Gasteiger partial charge in [0.1, 0.15) is 0 Å². The van der Waals surface area contributed by atoms with Crippen LogP contribution in [0.4, 0.5) is 0 Å². The molecule has 1 aromatic carbocycles. The van der Waals surface area contributed by atoms with E-state index < -0.39 is 0 Å². The van der Waals surface area contributed by atoms with E-state index >= 15 is 0 Å². The Labute approximate surface area is 104 Å². The third-order valence-corrected chi connectivity index (χ3v) is 3.48. The van der Waals surface area contributed by atoms with E-state index in [2.05, 4.69) is 52.0 Å². The van der Waals surface area contributed by atoms with Gasteiger partial charge in [-0.25, -0.2) is 0 Å². The van der Waals surface area contributed by atoms with Crippen LogP contribution in [-0.2, 0) is 15.9 Å². The molecule has 17 heavy (non-hydrogen) atoms. The van der Waals surface area contributed by atoms with E-state index in [4.69, 9.17) is 9.47 Å². The van der Waals surface area contributed by atoms with Crippen LogP contribution in [0.15, 0.2) is 30.3 Å². The van der Waals surface area contributed by atoms with Crippen LogP contribution in [0.1, 0.15) is 33.3 Å². The molecule has 0 aromatic heterocycles. The van der Waals surface area contributed by atoms with Gasteiger partial charge < -0.3 is 9.47 Å². The molecular formula is C15H22O2. The largest absolute Gasteiger partial charge is 0.346 e. The normalized spacial score (nSPS) is 29.5. The first kappa shape index (κ1) is 12.6. The summed E-state index contributed by atoms with van der Waals surface area (Å²) in [7, 11) is 0. The molecule has 2 unspecified atom stereocenters. The molecule has 2 heteroatoms. The lowest BCUT2D eigenvalue weighted by molar-refractivity contribution is -0.135. The number of ether oxygens (including phenoxy) is 2. The lowest BCUT2D eigenvalue weighted by atomic mass is 9.85. The summed E-state index contributed by atoms with van der Waals surface area (Å²) in [5.74, 6) is 0. The maximum Gasteiger partial charge on any atom is 0.163 e. The van der Waals surface area contributed by atoms with Crippen LogP contribution >= 0.6 is 0 Å². The van der Waals surface area contributed by atoms with E-state index in [0.717, 1.165) is 6.42 Å². The number of rotatable bonds is 3.